The lowest BCUT2D eigenvalue weighted by atomic mass is 10.1. The third-order valence-corrected chi connectivity index (χ3v) is 2.45. The van der Waals surface area contributed by atoms with Crippen LogP contribution in [0.5, 0.6) is 0 Å². The Balaban J connectivity index is 2.74. The molecule has 0 radical (unpaired) electrons. The molecule has 1 amide bonds. The van der Waals surface area contributed by atoms with Gasteiger partial charge < -0.3 is 4.90 Å². The monoisotopic (exact) mass is 263 g/mol. The number of nitrogens with zero attached hydrogens (tertiary/aromatic N) is 1. The maximum atomic E-state index is 12.8. The van der Waals surface area contributed by atoms with Crippen LogP contribution in [0.3, 0.4) is 0 Å². The fraction of sp³-hybridized carbons (Fsp3) is 0.417. The maximum absolute atomic E-state index is 12.8. The molecule has 0 saturated carbocycles. The summed E-state index contributed by atoms with van der Waals surface area (Å²) in [7, 11) is 1.07. The quantitative estimate of drug-likeness (QED) is 0.765. The Morgan fingerprint density at radius 1 is 1.28 bits per heavy atom. The predicted molar refractivity (Wildman–Crippen MR) is 58.6 cm³/mol. The van der Waals surface area contributed by atoms with E-state index in [-0.39, 0.29) is 6.54 Å². The molecule has 0 aliphatic carbocycles. The molecule has 0 bridgehead atoms. The van der Waals surface area contributed by atoms with Gasteiger partial charge in [0.05, 0.1) is 0 Å². The summed E-state index contributed by atoms with van der Waals surface area (Å²) in [6, 6.07) is 6.80. The zero-order valence-electron chi connectivity index (χ0n) is 9.96. The van der Waals surface area contributed by atoms with Crippen LogP contribution in [-0.4, -0.2) is 30.2 Å². The summed E-state index contributed by atoms with van der Waals surface area (Å²) in [6.45, 7) is 1.71. The summed E-state index contributed by atoms with van der Waals surface area (Å²) in [5, 5.41) is 0. The molecule has 1 rings (SSSR count). The highest BCUT2D eigenvalue weighted by atomic mass is 19.3. The van der Waals surface area contributed by atoms with Gasteiger partial charge in [0.2, 0.25) is 0 Å². The van der Waals surface area contributed by atoms with E-state index in [9.17, 15) is 22.4 Å². The Bertz CT molecular complexity index is 417. The highest BCUT2D eigenvalue weighted by Gasteiger charge is 2.50. The summed E-state index contributed by atoms with van der Waals surface area (Å²) in [5.74, 6) is -6.52. The van der Waals surface area contributed by atoms with Crippen LogP contribution in [0.25, 0.3) is 0 Å². The first-order valence-corrected chi connectivity index (χ1v) is 5.22. The van der Waals surface area contributed by atoms with Crippen molar-refractivity contribution in [3.63, 3.8) is 0 Å². The van der Waals surface area contributed by atoms with Crippen LogP contribution in [0.4, 0.5) is 17.6 Å². The molecule has 1 aromatic carbocycles. The zero-order chi connectivity index (χ0) is 13.9. The zero-order valence-corrected chi connectivity index (χ0v) is 9.96. The molecule has 0 saturated heterocycles. The summed E-state index contributed by atoms with van der Waals surface area (Å²) in [6.07, 6.45) is -3.99. The van der Waals surface area contributed by atoms with Gasteiger partial charge in [-0.3, -0.25) is 4.79 Å². The molecule has 0 heterocycles. The average molecular weight is 263 g/mol. The van der Waals surface area contributed by atoms with Crippen molar-refractivity contribution in [2.24, 2.45) is 0 Å². The first kappa shape index (κ1) is 14.5. The lowest BCUT2D eigenvalue weighted by Gasteiger charge is -2.22. The highest BCUT2D eigenvalue weighted by Crippen LogP contribution is 2.25. The van der Waals surface area contributed by atoms with Crippen LogP contribution in [0.1, 0.15) is 11.1 Å². The van der Waals surface area contributed by atoms with Crippen LogP contribution in [0.15, 0.2) is 24.3 Å². The van der Waals surface area contributed by atoms with E-state index in [1.807, 2.05) is 6.92 Å². The van der Waals surface area contributed by atoms with Crippen molar-refractivity contribution < 1.29 is 22.4 Å². The minimum absolute atomic E-state index is 0.137. The number of benzene rings is 1. The average Bonchev–Trinajstić information content (AvgIpc) is 2.30. The first-order chi connectivity index (χ1) is 8.25. The van der Waals surface area contributed by atoms with Crippen LogP contribution in [0, 0.1) is 6.92 Å². The minimum atomic E-state index is -4.64. The number of alkyl halides is 4. The lowest BCUT2D eigenvalue weighted by Crippen LogP contribution is -2.45. The molecular weight excluding hydrogens is 250 g/mol. The van der Waals surface area contributed by atoms with Crippen molar-refractivity contribution in [3.05, 3.63) is 35.4 Å². The summed E-state index contributed by atoms with van der Waals surface area (Å²) in [5.41, 5.74) is 1.58. The smallest absolute Gasteiger partial charge is 0.336 e. The van der Waals surface area contributed by atoms with Crippen LogP contribution >= 0.6 is 0 Å². The number of aryl methyl sites for hydroxylation is 1. The van der Waals surface area contributed by atoms with Crippen molar-refractivity contribution in [1.82, 2.24) is 4.90 Å². The molecule has 100 valence electrons. The second kappa shape index (κ2) is 5.37. The molecule has 0 aliphatic heterocycles. The number of rotatable bonds is 4. The fourth-order valence-electron chi connectivity index (χ4n) is 1.39. The molecule has 2 nitrogen and oxygen atoms in total. The SMILES string of the molecule is Cc1ccc(CN(C)C(=O)C(F)(F)C(F)F)cc1. The molecular formula is C12H13F4NO. The van der Waals surface area contributed by atoms with Crippen LogP contribution in [-0.2, 0) is 11.3 Å². The van der Waals surface area contributed by atoms with E-state index in [1.54, 1.807) is 24.3 Å². The number of amides is 1. The number of carbonyl (C=O) groups excluding carboxylic acids is 1. The molecule has 1 aromatic rings. The molecule has 0 atom stereocenters. The van der Waals surface area contributed by atoms with Crippen molar-refractivity contribution in [1.29, 1.82) is 0 Å². The Kier molecular flexibility index (Phi) is 4.32. The standard InChI is InChI=1S/C12H13F4NO/c1-8-3-5-9(6-4-8)7-17(2)11(18)12(15,16)10(13)14/h3-6,10H,7H2,1-2H3. The Morgan fingerprint density at radius 2 is 1.78 bits per heavy atom. The molecule has 0 fully saturated rings. The first-order valence-electron chi connectivity index (χ1n) is 5.22. The van der Waals surface area contributed by atoms with E-state index in [0.717, 1.165) is 12.6 Å². The van der Waals surface area contributed by atoms with Crippen molar-refractivity contribution in [3.8, 4) is 0 Å². The summed E-state index contributed by atoms with van der Waals surface area (Å²) >= 11 is 0. The number of hydrogen-bond acceptors (Lipinski definition) is 1. The largest absolute Gasteiger partial charge is 0.383 e. The van der Waals surface area contributed by atoms with E-state index in [1.165, 1.54) is 0 Å². The Labute approximate surface area is 102 Å². The van der Waals surface area contributed by atoms with E-state index in [2.05, 4.69) is 0 Å². The van der Waals surface area contributed by atoms with Crippen LogP contribution < -0.4 is 0 Å². The molecule has 0 aromatic heterocycles. The van der Waals surface area contributed by atoms with E-state index in [4.69, 9.17) is 0 Å². The van der Waals surface area contributed by atoms with Gasteiger partial charge in [0, 0.05) is 13.6 Å². The summed E-state index contributed by atoms with van der Waals surface area (Å²) < 4.78 is 49.7. The topological polar surface area (TPSA) is 20.3 Å². The van der Waals surface area contributed by atoms with Gasteiger partial charge >= 0.3 is 12.3 Å². The number of carbonyl (C=O) groups is 1. The van der Waals surface area contributed by atoms with Gasteiger partial charge in [-0.25, -0.2) is 8.78 Å². The molecule has 0 N–H and O–H groups in total. The molecule has 18 heavy (non-hydrogen) atoms. The minimum Gasteiger partial charge on any atom is -0.336 e. The highest BCUT2D eigenvalue weighted by molar-refractivity contribution is 5.83. The third-order valence-electron chi connectivity index (χ3n) is 2.45. The Hall–Kier alpha value is -1.59. The van der Waals surface area contributed by atoms with Gasteiger partial charge in [-0.1, -0.05) is 29.8 Å². The van der Waals surface area contributed by atoms with Gasteiger partial charge in [-0.2, -0.15) is 8.78 Å². The van der Waals surface area contributed by atoms with E-state index < -0.39 is 18.3 Å². The van der Waals surface area contributed by atoms with Gasteiger partial charge in [0.25, 0.3) is 5.91 Å². The molecule has 0 unspecified atom stereocenters. The van der Waals surface area contributed by atoms with Gasteiger partial charge in [-0.05, 0) is 12.5 Å². The predicted octanol–water partition coefficient (Wildman–Crippen LogP) is 2.85. The Morgan fingerprint density at radius 3 is 2.22 bits per heavy atom. The van der Waals surface area contributed by atoms with Crippen molar-refractivity contribution in [2.45, 2.75) is 25.8 Å². The van der Waals surface area contributed by atoms with E-state index >= 15 is 0 Å². The lowest BCUT2D eigenvalue weighted by molar-refractivity contribution is -0.179. The summed E-state index contributed by atoms with van der Waals surface area (Å²) in [4.78, 5) is 11.8. The van der Waals surface area contributed by atoms with Crippen molar-refractivity contribution in [2.75, 3.05) is 7.05 Å². The van der Waals surface area contributed by atoms with Crippen LogP contribution in [0.2, 0.25) is 0 Å². The molecule has 0 spiro atoms. The number of hydrogen-bond donors (Lipinski definition) is 0. The fourth-order valence-corrected chi connectivity index (χ4v) is 1.39. The third kappa shape index (κ3) is 3.21. The molecule has 0 aliphatic rings. The second-order valence-corrected chi connectivity index (χ2v) is 4.07. The van der Waals surface area contributed by atoms with Gasteiger partial charge in [0.15, 0.2) is 0 Å². The number of halogens is 4. The van der Waals surface area contributed by atoms with Gasteiger partial charge in [0.1, 0.15) is 0 Å². The molecule has 6 heteroatoms. The van der Waals surface area contributed by atoms with E-state index in [0.29, 0.717) is 10.5 Å². The van der Waals surface area contributed by atoms with Crippen molar-refractivity contribution >= 4 is 5.91 Å². The second-order valence-electron chi connectivity index (χ2n) is 4.07. The maximum Gasteiger partial charge on any atom is 0.383 e. The normalized spacial score (nSPS) is 11.7. The van der Waals surface area contributed by atoms with Gasteiger partial charge in [-0.15, -0.1) is 0 Å².